The van der Waals surface area contributed by atoms with Gasteiger partial charge in [-0.2, -0.15) is 0 Å². The maximum Gasteiger partial charge on any atom is 0.328 e. The molecule has 2 N–H and O–H groups in total. The fourth-order valence-corrected chi connectivity index (χ4v) is 2.35. The van der Waals surface area contributed by atoms with E-state index in [0.717, 1.165) is 0 Å². The van der Waals surface area contributed by atoms with Crippen molar-refractivity contribution in [1.82, 2.24) is 10.6 Å². The Labute approximate surface area is 151 Å². The number of ether oxygens (including phenoxy) is 1. The fourth-order valence-electron chi connectivity index (χ4n) is 2.35. The van der Waals surface area contributed by atoms with E-state index in [2.05, 4.69) is 15.4 Å². The van der Waals surface area contributed by atoms with Gasteiger partial charge in [-0.05, 0) is 25.0 Å². The Balaban J connectivity index is 2.91. The third-order valence-electron chi connectivity index (χ3n) is 3.66. The average molecular weight is 366 g/mol. The van der Waals surface area contributed by atoms with Crippen LogP contribution in [0.15, 0.2) is 24.3 Å². The lowest BCUT2D eigenvalue weighted by Crippen LogP contribution is -2.52. The van der Waals surface area contributed by atoms with E-state index < -0.39 is 35.7 Å². The monoisotopic (exact) mass is 366 g/mol. The van der Waals surface area contributed by atoms with Gasteiger partial charge in [-0.15, -0.1) is 0 Å². The van der Waals surface area contributed by atoms with Crippen LogP contribution in [-0.4, -0.2) is 42.8 Å². The summed E-state index contributed by atoms with van der Waals surface area (Å²) in [6, 6.07) is 3.78. The van der Waals surface area contributed by atoms with Crippen LogP contribution in [0.5, 0.6) is 0 Å². The minimum Gasteiger partial charge on any atom is -0.467 e. The molecule has 2 amide bonds. The minimum atomic E-state index is -1.08. The summed E-state index contributed by atoms with van der Waals surface area (Å²) in [7, 11) is 1.17. The van der Waals surface area contributed by atoms with Crippen LogP contribution in [0, 0.1) is 5.82 Å². The SMILES string of the molecule is COC(=O)[C@@H](CCC(C)=O)NC(=O)[C@H](Cc1ccccc1F)NC(C)=O. The van der Waals surface area contributed by atoms with Crippen molar-refractivity contribution in [3.05, 3.63) is 35.6 Å². The molecule has 0 unspecified atom stereocenters. The van der Waals surface area contributed by atoms with Crippen LogP contribution < -0.4 is 10.6 Å². The van der Waals surface area contributed by atoms with E-state index in [4.69, 9.17) is 0 Å². The molecule has 0 bridgehead atoms. The highest BCUT2D eigenvalue weighted by atomic mass is 19.1. The molecule has 0 spiro atoms. The normalized spacial score (nSPS) is 12.6. The molecule has 0 saturated heterocycles. The lowest BCUT2D eigenvalue weighted by molar-refractivity contribution is -0.145. The summed E-state index contributed by atoms with van der Waals surface area (Å²) < 4.78 is 18.5. The topological polar surface area (TPSA) is 102 Å². The standard InChI is InChI=1S/C18H23FN2O5/c1-11(22)8-9-15(18(25)26-3)21-17(24)16(20-12(2)23)10-13-6-4-5-7-14(13)19/h4-7,15-16H,8-10H2,1-3H3,(H,20,23)(H,21,24)/t15-,16+/m1/s1. The van der Waals surface area contributed by atoms with Gasteiger partial charge in [-0.25, -0.2) is 9.18 Å². The summed E-state index contributed by atoms with van der Waals surface area (Å²) >= 11 is 0. The minimum absolute atomic E-state index is 0.0697. The number of esters is 1. The molecule has 0 aromatic heterocycles. The van der Waals surface area contributed by atoms with E-state index in [-0.39, 0.29) is 30.6 Å². The van der Waals surface area contributed by atoms with E-state index in [1.54, 1.807) is 6.07 Å². The quantitative estimate of drug-likeness (QED) is 0.633. The molecule has 142 valence electrons. The second-order valence-electron chi connectivity index (χ2n) is 5.87. The number of methoxy groups -OCH3 is 1. The van der Waals surface area contributed by atoms with Gasteiger partial charge in [0, 0.05) is 19.8 Å². The van der Waals surface area contributed by atoms with Gasteiger partial charge in [0.05, 0.1) is 7.11 Å². The number of rotatable bonds is 9. The molecule has 8 heteroatoms. The van der Waals surface area contributed by atoms with Crippen molar-refractivity contribution >= 4 is 23.6 Å². The Morgan fingerprint density at radius 1 is 1.08 bits per heavy atom. The van der Waals surface area contributed by atoms with Gasteiger partial charge in [-0.1, -0.05) is 18.2 Å². The summed E-state index contributed by atoms with van der Waals surface area (Å²) in [5, 5.41) is 4.91. The number of benzene rings is 1. The van der Waals surface area contributed by atoms with Gasteiger partial charge in [0.2, 0.25) is 11.8 Å². The maximum atomic E-state index is 13.8. The molecule has 0 aliphatic rings. The number of hydrogen-bond acceptors (Lipinski definition) is 5. The first-order valence-electron chi connectivity index (χ1n) is 8.12. The third-order valence-corrected chi connectivity index (χ3v) is 3.66. The Kier molecular flexibility index (Phi) is 8.41. The van der Waals surface area contributed by atoms with E-state index in [1.807, 2.05) is 0 Å². The average Bonchev–Trinajstić information content (AvgIpc) is 2.58. The Bertz CT molecular complexity index is 677. The van der Waals surface area contributed by atoms with Crippen molar-refractivity contribution in [1.29, 1.82) is 0 Å². The van der Waals surface area contributed by atoms with Gasteiger partial charge < -0.3 is 20.2 Å². The van der Waals surface area contributed by atoms with Crippen LogP contribution in [0.2, 0.25) is 0 Å². The molecular formula is C18H23FN2O5. The van der Waals surface area contributed by atoms with Crippen molar-refractivity contribution < 1.29 is 28.3 Å². The predicted molar refractivity (Wildman–Crippen MR) is 91.6 cm³/mol. The van der Waals surface area contributed by atoms with Crippen LogP contribution in [0.4, 0.5) is 4.39 Å². The van der Waals surface area contributed by atoms with Crippen LogP contribution in [0.1, 0.15) is 32.3 Å². The zero-order valence-corrected chi connectivity index (χ0v) is 15.0. The van der Waals surface area contributed by atoms with Gasteiger partial charge >= 0.3 is 5.97 Å². The van der Waals surface area contributed by atoms with Crippen LogP contribution in [-0.2, 0) is 30.3 Å². The maximum absolute atomic E-state index is 13.8. The van der Waals surface area contributed by atoms with Crippen LogP contribution in [0.25, 0.3) is 0 Å². The largest absolute Gasteiger partial charge is 0.467 e. The fraction of sp³-hybridized carbons (Fsp3) is 0.444. The van der Waals surface area contributed by atoms with Crippen molar-refractivity contribution in [2.75, 3.05) is 7.11 Å². The number of carbonyl (C=O) groups excluding carboxylic acids is 4. The molecular weight excluding hydrogens is 343 g/mol. The summed E-state index contributed by atoms with van der Waals surface area (Å²) in [5.74, 6) is -2.48. The van der Waals surface area contributed by atoms with Crippen molar-refractivity contribution in [2.45, 2.75) is 45.2 Å². The van der Waals surface area contributed by atoms with Crippen molar-refractivity contribution in [2.24, 2.45) is 0 Å². The Hall–Kier alpha value is -2.77. The van der Waals surface area contributed by atoms with Crippen LogP contribution >= 0.6 is 0 Å². The van der Waals surface area contributed by atoms with E-state index >= 15 is 0 Å². The number of amides is 2. The highest BCUT2D eigenvalue weighted by Crippen LogP contribution is 2.10. The molecule has 1 aromatic rings. The number of ketones is 1. The van der Waals surface area contributed by atoms with Gasteiger partial charge in [0.25, 0.3) is 0 Å². The number of nitrogens with one attached hydrogen (secondary N) is 2. The van der Waals surface area contributed by atoms with Crippen molar-refractivity contribution in [3.63, 3.8) is 0 Å². The summed E-state index contributed by atoms with van der Waals surface area (Å²) in [4.78, 5) is 46.9. The van der Waals surface area contributed by atoms with Gasteiger partial charge in [0.1, 0.15) is 23.7 Å². The highest BCUT2D eigenvalue weighted by molar-refractivity contribution is 5.90. The van der Waals surface area contributed by atoms with Gasteiger partial charge in [0.15, 0.2) is 0 Å². The first-order valence-corrected chi connectivity index (χ1v) is 8.12. The molecule has 0 aliphatic heterocycles. The second-order valence-corrected chi connectivity index (χ2v) is 5.87. The Morgan fingerprint density at radius 2 is 1.73 bits per heavy atom. The molecule has 0 fully saturated rings. The highest BCUT2D eigenvalue weighted by Gasteiger charge is 2.27. The molecule has 0 radical (unpaired) electrons. The molecule has 1 rings (SSSR count). The summed E-state index contributed by atoms with van der Waals surface area (Å²) in [5.41, 5.74) is 0.250. The third kappa shape index (κ3) is 7.00. The number of Topliss-reactive ketones (excluding diaryl/α,β-unsaturated/α-hetero) is 1. The lowest BCUT2D eigenvalue weighted by atomic mass is 10.0. The molecule has 0 aliphatic carbocycles. The Morgan fingerprint density at radius 3 is 2.27 bits per heavy atom. The number of hydrogen-bond donors (Lipinski definition) is 2. The first kappa shape index (κ1) is 21.3. The molecule has 0 saturated carbocycles. The lowest BCUT2D eigenvalue weighted by Gasteiger charge is -2.22. The smallest absolute Gasteiger partial charge is 0.328 e. The first-order chi connectivity index (χ1) is 12.2. The van der Waals surface area contributed by atoms with Gasteiger partial charge in [-0.3, -0.25) is 9.59 Å². The number of halogens is 1. The van der Waals surface area contributed by atoms with E-state index in [0.29, 0.717) is 0 Å². The molecule has 7 nitrogen and oxygen atoms in total. The van der Waals surface area contributed by atoms with E-state index in [1.165, 1.54) is 39.2 Å². The molecule has 1 aromatic carbocycles. The molecule has 26 heavy (non-hydrogen) atoms. The van der Waals surface area contributed by atoms with E-state index in [9.17, 15) is 23.6 Å². The predicted octanol–water partition coefficient (Wildman–Crippen LogP) is 0.900. The second kappa shape index (κ2) is 10.3. The zero-order chi connectivity index (χ0) is 19.7. The number of carbonyl (C=O) groups is 4. The van der Waals surface area contributed by atoms with Crippen LogP contribution in [0.3, 0.4) is 0 Å². The summed E-state index contributed by atoms with van der Waals surface area (Å²) in [6.07, 6.45) is 0.0666. The molecule has 2 atom stereocenters. The molecule has 0 heterocycles. The zero-order valence-electron chi connectivity index (χ0n) is 15.0. The van der Waals surface area contributed by atoms with Crippen molar-refractivity contribution in [3.8, 4) is 0 Å². The summed E-state index contributed by atoms with van der Waals surface area (Å²) in [6.45, 7) is 2.60.